The summed E-state index contributed by atoms with van der Waals surface area (Å²) >= 11 is 0. The van der Waals surface area contributed by atoms with Crippen molar-refractivity contribution in [1.29, 1.82) is 0 Å². The number of nitrogens with zero attached hydrogens (tertiary/aromatic N) is 2. The summed E-state index contributed by atoms with van der Waals surface area (Å²) < 4.78 is 0. The summed E-state index contributed by atoms with van der Waals surface area (Å²) in [5, 5.41) is 0. The van der Waals surface area contributed by atoms with E-state index in [9.17, 15) is 0 Å². The Balaban J connectivity index is 3.24. The molecule has 0 heterocycles. The first-order valence-electron chi connectivity index (χ1n) is 4.48. The fraction of sp³-hybridized carbons (Fsp3) is 1.00. The lowest BCUT2D eigenvalue weighted by Crippen LogP contribution is -2.34. The third-order valence-electron chi connectivity index (χ3n) is 1.92. The maximum atomic E-state index is 5.45. The lowest BCUT2D eigenvalue weighted by molar-refractivity contribution is 0.259. The summed E-state index contributed by atoms with van der Waals surface area (Å²) in [6, 6.07) is 0. The SMILES string of the molecule is CN(CN)CCN(C)CCCN. The third-order valence-corrected chi connectivity index (χ3v) is 1.92. The second-order valence-electron chi connectivity index (χ2n) is 3.21. The van der Waals surface area contributed by atoms with Crippen LogP contribution >= 0.6 is 0 Å². The normalized spacial score (nSPS) is 11.5. The highest BCUT2D eigenvalue weighted by Gasteiger charge is 1.99. The first-order chi connectivity index (χ1) is 5.70. The minimum absolute atomic E-state index is 0.630. The quantitative estimate of drug-likeness (QED) is 0.492. The van der Waals surface area contributed by atoms with Crippen LogP contribution in [0, 0.1) is 0 Å². The summed E-state index contributed by atoms with van der Waals surface area (Å²) in [7, 11) is 4.14. The zero-order valence-corrected chi connectivity index (χ0v) is 8.29. The minimum atomic E-state index is 0.630. The van der Waals surface area contributed by atoms with Crippen LogP contribution in [0.15, 0.2) is 0 Å². The Bertz CT molecular complexity index is 97.1. The summed E-state index contributed by atoms with van der Waals surface area (Å²) in [5.41, 5.74) is 10.8. The number of likely N-dealkylation sites (N-methyl/N-ethyl adjacent to an activating group) is 2. The zero-order valence-electron chi connectivity index (χ0n) is 8.29. The molecule has 0 radical (unpaired) electrons. The van der Waals surface area contributed by atoms with Gasteiger partial charge in [-0.15, -0.1) is 0 Å². The molecule has 0 aliphatic carbocycles. The molecule has 0 bridgehead atoms. The Kier molecular flexibility index (Phi) is 7.39. The smallest absolute Gasteiger partial charge is 0.0452 e. The fourth-order valence-electron chi connectivity index (χ4n) is 0.906. The van der Waals surface area contributed by atoms with Gasteiger partial charge in [-0.25, -0.2) is 0 Å². The Morgan fingerprint density at radius 1 is 0.917 bits per heavy atom. The van der Waals surface area contributed by atoms with Crippen molar-refractivity contribution in [2.45, 2.75) is 6.42 Å². The molecule has 0 amide bonds. The fourth-order valence-corrected chi connectivity index (χ4v) is 0.906. The van der Waals surface area contributed by atoms with Gasteiger partial charge in [-0.2, -0.15) is 0 Å². The van der Waals surface area contributed by atoms with E-state index in [1.807, 2.05) is 7.05 Å². The predicted octanol–water partition coefficient (Wildman–Crippen LogP) is -0.885. The van der Waals surface area contributed by atoms with E-state index in [1.165, 1.54) is 0 Å². The van der Waals surface area contributed by atoms with Gasteiger partial charge in [-0.3, -0.25) is 4.90 Å². The topological polar surface area (TPSA) is 58.5 Å². The average Bonchev–Trinajstić information content (AvgIpc) is 2.10. The number of hydrogen-bond acceptors (Lipinski definition) is 4. The molecular weight excluding hydrogens is 152 g/mol. The standard InChI is InChI=1S/C8H22N4/c1-11(5-3-4-9)6-7-12(2)8-10/h3-10H2,1-2H3. The Morgan fingerprint density at radius 3 is 2.00 bits per heavy atom. The van der Waals surface area contributed by atoms with Gasteiger partial charge in [0.25, 0.3) is 0 Å². The van der Waals surface area contributed by atoms with Crippen LogP contribution in [0.1, 0.15) is 6.42 Å². The van der Waals surface area contributed by atoms with Gasteiger partial charge >= 0.3 is 0 Å². The van der Waals surface area contributed by atoms with E-state index in [0.717, 1.165) is 32.6 Å². The molecule has 74 valence electrons. The van der Waals surface area contributed by atoms with E-state index in [2.05, 4.69) is 16.8 Å². The maximum absolute atomic E-state index is 5.45. The summed E-state index contributed by atoms with van der Waals surface area (Å²) in [4.78, 5) is 4.37. The highest BCUT2D eigenvalue weighted by molar-refractivity contribution is 4.55. The van der Waals surface area contributed by atoms with Crippen LogP contribution in [-0.2, 0) is 0 Å². The van der Waals surface area contributed by atoms with Crippen LogP contribution in [0.25, 0.3) is 0 Å². The number of hydrogen-bond donors (Lipinski definition) is 2. The average molecular weight is 174 g/mol. The summed E-state index contributed by atoms with van der Waals surface area (Å²) in [6.45, 7) is 4.57. The Morgan fingerprint density at radius 2 is 1.50 bits per heavy atom. The molecule has 0 aromatic carbocycles. The van der Waals surface area contributed by atoms with Crippen molar-refractivity contribution in [2.24, 2.45) is 11.5 Å². The van der Waals surface area contributed by atoms with E-state index in [1.54, 1.807) is 0 Å². The van der Waals surface area contributed by atoms with E-state index in [0.29, 0.717) is 6.67 Å². The molecule has 0 aromatic heterocycles. The molecule has 0 aromatic rings. The van der Waals surface area contributed by atoms with Crippen molar-refractivity contribution in [1.82, 2.24) is 9.80 Å². The summed E-state index contributed by atoms with van der Waals surface area (Å²) in [5.74, 6) is 0. The lowest BCUT2D eigenvalue weighted by Gasteiger charge is -2.20. The van der Waals surface area contributed by atoms with Crippen molar-refractivity contribution in [3.8, 4) is 0 Å². The molecule has 0 aliphatic rings. The molecule has 12 heavy (non-hydrogen) atoms. The highest BCUT2D eigenvalue weighted by Crippen LogP contribution is 1.86. The van der Waals surface area contributed by atoms with Gasteiger partial charge in [-0.05, 0) is 33.6 Å². The molecular formula is C8H22N4. The van der Waals surface area contributed by atoms with Gasteiger partial charge < -0.3 is 16.4 Å². The second-order valence-corrected chi connectivity index (χ2v) is 3.21. The van der Waals surface area contributed by atoms with Gasteiger partial charge in [0.05, 0.1) is 0 Å². The molecule has 0 fully saturated rings. The third kappa shape index (κ3) is 6.54. The highest BCUT2D eigenvalue weighted by atomic mass is 15.2. The van der Waals surface area contributed by atoms with E-state index < -0.39 is 0 Å². The Hall–Kier alpha value is -0.160. The zero-order chi connectivity index (χ0) is 9.40. The van der Waals surface area contributed by atoms with Gasteiger partial charge in [0.15, 0.2) is 0 Å². The molecule has 0 atom stereocenters. The molecule has 0 saturated heterocycles. The first-order valence-corrected chi connectivity index (χ1v) is 4.48. The van der Waals surface area contributed by atoms with Gasteiger partial charge in [-0.1, -0.05) is 0 Å². The minimum Gasteiger partial charge on any atom is -0.330 e. The molecule has 4 N–H and O–H groups in total. The summed E-state index contributed by atoms with van der Waals surface area (Å²) in [6.07, 6.45) is 1.07. The molecule has 4 nitrogen and oxygen atoms in total. The largest absolute Gasteiger partial charge is 0.330 e. The molecule has 0 unspecified atom stereocenters. The van der Waals surface area contributed by atoms with E-state index >= 15 is 0 Å². The van der Waals surface area contributed by atoms with Crippen LogP contribution in [0.4, 0.5) is 0 Å². The van der Waals surface area contributed by atoms with Crippen LogP contribution in [0.3, 0.4) is 0 Å². The number of nitrogens with two attached hydrogens (primary N) is 2. The molecule has 0 aliphatic heterocycles. The van der Waals surface area contributed by atoms with Crippen molar-refractivity contribution in [3.63, 3.8) is 0 Å². The van der Waals surface area contributed by atoms with Crippen LogP contribution < -0.4 is 11.5 Å². The van der Waals surface area contributed by atoms with Crippen LogP contribution in [0.5, 0.6) is 0 Å². The molecule has 0 rings (SSSR count). The van der Waals surface area contributed by atoms with E-state index in [-0.39, 0.29) is 0 Å². The molecule has 0 saturated carbocycles. The monoisotopic (exact) mass is 174 g/mol. The van der Waals surface area contributed by atoms with Gasteiger partial charge in [0.2, 0.25) is 0 Å². The Labute approximate surface area is 75.5 Å². The van der Waals surface area contributed by atoms with Crippen LogP contribution in [-0.4, -0.2) is 56.7 Å². The number of rotatable bonds is 7. The van der Waals surface area contributed by atoms with Crippen molar-refractivity contribution in [2.75, 3.05) is 46.9 Å². The van der Waals surface area contributed by atoms with Crippen molar-refractivity contribution < 1.29 is 0 Å². The first kappa shape index (κ1) is 11.8. The predicted molar refractivity (Wildman–Crippen MR) is 52.9 cm³/mol. The molecule has 4 heteroatoms. The lowest BCUT2D eigenvalue weighted by atomic mass is 10.4. The second kappa shape index (κ2) is 7.49. The molecule has 0 spiro atoms. The van der Waals surface area contributed by atoms with Crippen molar-refractivity contribution in [3.05, 3.63) is 0 Å². The van der Waals surface area contributed by atoms with Crippen molar-refractivity contribution >= 4 is 0 Å². The van der Waals surface area contributed by atoms with Gasteiger partial charge in [0, 0.05) is 19.8 Å². The van der Waals surface area contributed by atoms with Gasteiger partial charge in [0.1, 0.15) is 0 Å². The maximum Gasteiger partial charge on any atom is 0.0452 e. The van der Waals surface area contributed by atoms with Crippen LogP contribution in [0.2, 0.25) is 0 Å². The van der Waals surface area contributed by atoms with E-state index in [4.69, 9.17) is 11.5 Å².